The first-order chi connectivity index (χ1) is 4.00. The molecule has 0 aromatic rings. The summed E-state index contributed by atoms with van der Waals surface area (Å²) >= 11 is -10.0. The quantitative estimate of drug-likeness (QED) is 0.161. The second-order valence-electron chi connectivity index (χ2n) is 1.20. The summed E-state index contributed by atoms with van der Waals surface area (Å²) in [5, 5.41) is 0. The molecule has 0 heterocycles. The van der Waals surface area contributed by atoms with E-state index in [9.17, 15) is 0 Å². The Kier molecular flexibility index (Phi) is 30.8. The second kappa shape index (κ2) is 13.4. The molecule has 0 atom stereocenters. The van der Waals surface area contributed by atoms with Crippen molar-refractivity contribution in [3.63, 3.8) is 0 Å². The molecule has 8 N–H and O–H groups in total. The first-order valence-corrected chi connectivity index (χ1v) is 7.38. The fourth-order valence-electron chi connectivity index (χ4n) is 0. The van der Waals surface area contributed by atoms with E-state index in [0.29, 0.717) is 0 Å². The number of hydrogen-bond acceptors (Lipinski definition) is 8. The van der Waals surface area contributed by atoms with Crippen molar-refractivity contribution in [3.05, 3.63) is 0 Å². The fourth-order valence-corrected chi connectivity index (χ4v) is 0. The molecule has 0 aliphatic carbocycles. The zero-order valence-corrected chi connectivity index (χ0v) is 15.4. The molecule has 0 bridgehead atoms. The Morgan fingerprint density at radius 2 is 0.538 bits per heavy atom. The third kappa shape index (κ3) is 246. The summed E-state index contributed by atoms with van der Waals surface area (Å²) in [6.45, 7) is 0. The van der Waals surface area contributed by atoms with Gasteiger partial charge in [-0.2, -0.15) is 0 Å². The average Bonchev–Trinajstić information content (AvgIpc) is 1.12. The zero-order chi connectivity index (χ0) is 9.00. The van der Waals surface area contributed by atoms with E-state index in [4.69, 9.17) is 29.5 Å². The van der Waals surface area contributed by atoms with Crippen LogP contribution in [0.5, 0.6) is 0 Å². The monoisotopic (exact) mass is 474 g/mol. The van der Waals surface area contributed by atoms with E-state index in [2.05, 4.69) is 0 Å². The molecule has 13 heteroatoms. The molecule has 8 nitrogen and oxygen atoms in total. The van der Waals surface area contributed by atoms with E-state index in [-0.39, 0.29) is 67.5 Å². The van der Waals surface area contributed by atoms with E-state index >= 15 is 0 Å². The molecule has 0 saturated carbocycles. The zero-order valence-electron chi connectivity index (χ0n) is 5.78. The van der Waals surface area contributed by atoms with Crippen LogP contribution in [0.4, 0.5) is 0 Å². The molecule has 0 fully saturated rings. The summed E-state index contributed by atoms with van der Waals surface area (Å²) in [7, 11) is 0. The molecule has 13 heavy (non-hydrogen) atoms. The van der Waals surface area contributed by atoms with Gasteiger partial charge in [-0.05, 0) is 0 Å². The van der Waals surface area contributed by atoms with Crippen molar-refractivity contribution in [2.45, 2.75) is 0 Å². The Morgan fingerprint density at radius 1 is 0.538 bits per heavy atom. The normalized spacial score (nSPS) is 9.23. The van der Waals surface area contributed by atoms with Crippen molar-refractivity contribution in [3.8, 4) is 0 Å². The van der Waals surface area contributed by atoms with Crippen LogP contribution in [-0.4, -0.2) is 70.8 Å². The first-order valence-electron chi connectivity index (χ1n) is 1.79. The van der Waals surface area contributed by atoms with E-state index in [0.717, 1.165) is 0 Å². The minimum atomic E-state index is -5.00. The molecule has 0 aromatic carbocycles. The average molecular weight is 474 g/mol. The molecule has 0 aliphatic rings. The van der Waals surface area contributed by atoms with Crippen LogP contribution in [0.3, 0.4) is 0 Å². The Labute approximate surface area is 131 Å². The number of rotatable bonds is 0. The summed E-state index contributed by atoms with van der Waals surface area (Å²) in [5.41, 5.74) is 0. The van der Waals surface area contributed by atoms with Gasteiger partial charge >= 0.3 is 89.7 Å². The van der Waals surface area contributed by atoms with Gasteiger partial charge in [0.15, 0.2) is 17.4 Å². The maximum atomic E-state index is 7.38. The minimum absolute atomic E-state index is 0. The summed E-state index contributed by atoms with van der Waals surface area (Å²) in [5.74, 6) is 0. The molecule has 0 amide bonds. The van der Waals surface area contributed by atoms with Gasteiger partial charge in [0.25, 0.3) is 0 Å². The molecule has 0 rings (SSSR count). The second-order valence-corrected chi connectivity index (χ2v) is 4.95. The maximum absolute atomic E-state index is 7.38. The topological polar surface area (TPSA) is 162 Å². The van der Waals surface area contributed by atoms with Crippen molar-refractivity contribution in [1.29, 1.82) is 0 Å². The predicted octanol–water partition coefficient (Wildman–Crippen LogP) is -6.56. The molecule has 2 radical (unpaired) electrons. The van der Waals surface area contributed by atoms with Crippen LogP contribution < -0.4 is 0 Å². The van der Waals surface area contributed by atoms with Crippen LogP contribution >= 0.6 is 0 Å². The van der Waals surface area contributed by atoms with E-state index in [1.807, 2.05) is 0 Å². The van der Waals surface area contributed by atoms with E-state index in [1.54, 1.807) is 0 Å². The Hall–Kier alpha value is 3.32. The van der Waals surface area contributed by atoms with Gasteiger partial charge in [-0.25, -0.2) is 0 Å². The molecular formula is H13AlO8SnTi2Zr. The summed E-state index contributed by atoms with van der Waals surface area (Å²) in [4.78, 5) is 0. The fraction of sp³-hybridized carbons (Fsp3) is 0. The molecule has 0 saturated heterocycles. The van der Waals surface area contributed by atoms with Crippen LogP contribution in [0, 0.1) is 0 Å². The third-order valence-corrected chi connectivity index (χ3v) is 0. The van der Waals surface area contributed by atoms with Gasteiger partial charge in [0.05, 0.1) is 0 Å². The van der Waals surface area contributed by atoms with Crippen molar-refractivity contribution in [2.75, 3.05) is 0 Å². The summed E-state index contributed by atoms with van der Waals surface area (Å²) in [6, 6.07) is 0. The van der Waals surface area contributed by atoms with Gasteiger partial charge in [0.2, 0.25) is 0 Å². The van der Waals surface area contributed by atoms with Crippen LogP contribution in [0.25, 0.3) is 0 Å². The van der Waals surface area contributed by atoms with E-state index < -0.39 is 36.3 Å². The molecule has 0 aromatic heterocycles. The van der Waals surface area contributed by atoms with Crippen LogP contribution in [0.15, 0.2) is 0 Å². The van der Waals surface area contributed by atoms with Crippen LogP contribution in [0.2, 0.25) is 0 Å². The minimum Gasteiger partial charge on any atom is 0 e. The van der Waals surface area contributed by atoms with Gasteiger partial charge in [-0.1, -0.05) is 0 Å². The Bertz CT molecular complexity index is 65.1. The van der Waals surface area contributed by atoms with Gasteiger partial charge in [-0.3, -0.25) is 0 Å². The predicted molar refractivity (Wildman–Crippen MR) is 36.2 cm³/mol. The van der Waals surface area contributed by atoms with Gasteiger partial charge < -0.3 is 0 Å². The van der Waals surface area contributed by atoms with Gasteiger partial charge in [0.1, 0.15) is 0 Å². The smallest absolute Gasteiger partial charge is 0 e. The SMILES string of the molecule is [AlH3].[OH][Ti]([OH])([OH])[OH].[OH][Ti]([OH])([OH])[OH].[SnH2].[Zr]. The Balaban J connectivity index is -0.0000000267. The molecule has 80 valence electrons. The number of hydrogen-bond donors (Lipinski definition) is 8. The van der Waals surface area contributed by atoms with E-state index in [1.165, 1.54) is 0 Å². The maximum Gasteiger partial charge on any atom is 0 e. The standard InChI is InChI=1S/Al.8H2O.Sn.2Ti.Zr.5H/h;8*1H2;;;;;;;;;/q;;;;;;;;;;2*+4;;;;;;/p-8. The van der Waals surface area contributed by atoms with Crippen molar-refractivity contribution < 1.29 is 92.0 Å². The third-order valence-electron chi connectivity index (χ3n) is 0. The molecule has 0 spiro atoms. The van der Waals surface area contributed by atoms with Gasteiger partial charge in [-0.15, -0.1) is 0 Å². The molecule has 0 unspecified atom stereocenters. The molecular weight excluding hydrogens is 461 g/mol. The van der Waals surface area contributed by atoms with Crippen molar-refractivity contribution in [1.82, 2.24) is 0 Å². The largest absolute Gasteiger partial charge is 0 e. The first kappa shape index (κ1) is 29.9. The van der Waals surface area contributed by atoms with Crippen molar-refractivity contribution >= 4 is 41.3 Å². The Morgan fingerprint density at radius 3 is 0.538 bits per heavy atom. The molecule has 0 aliphatic heterocycles. The van der Waals surface area contributed by atoms with Crippen LogP contribution in [-0.2, 0) is 62.5 Å². The summed E-state index contributed by atoms with van der Waals surface area (Å²) in [6.07, 6.45) is 0. The van der Waals surface area contributed by atoms with Crippen LogP contribution in [0.1, 0.15) is 0 Å². The summed E-state index contributed by atoms with van der Waals surface area (Å²) < 4.78 is 59.0. The van der Waals surface area contributed by atoms with Gasteiger partial charge in [0, 0.05) is 26.2 Å². The van der Waals surface area contributed by atoms with Crippen molar-refractivity contribution in [2.24, 2.45) is 0 Å².